The van der Waals surface area contributed by atoms with Crippen LogP contribution in [0, 0.1) is 11.8 Å². The largest absolute Gasteiger partial charge is 0.439 e. The number of rotatable bonds is 1. The maximum absolute atomic E-state index is 13.9. The monoisotopic (exact) mass is 382 g/mol. The first-order chi connectivity index (χ1) is 12.4. The molecule has 1 fully saturated rings. The number of hydrogen-bond donors (Lipinski definition) is 1. The average Bonchev–Trinajstić information content (AvgIpc) is 2.89. The van der Waals surface area contributed by atoms with Crippen LogP contribution in [0.5, 0.6) is 0 Å². The minimum Gasteiger partial charge on any atom is -0.362 e. The lowest BCUT2D eigenvalue weighted by Gasteiger charge is -2.39. The summed E-state index contributed by atoms with van der Waals surface area (Å²) >= 11 is 0. The van der Waals surface area contributed by atoms with Crippen molar-refractivity contribution < 1.29 is 23.1 Å². The third-order valence-electron chi connectivity index (χ3n) is 5.62. The molecule has 1 N–H and O–H groups in total. The summed E-state index contributed by atoms with van der Waals surface area (Å²) < 4.78 is 41.6. The lowest BCUT2D eigenvalue weighted by atomic mass is 9.75. The topological polar surface area (TPSA) is 52.9 Å². The summed E-state index contributed by atoms with van der Waals surface area (Å²) in [5, 5.41) is 14.9. The SMILES string of the molecule is C[C@@H]1CCC[C@@H]2C1=NN(C(=O)c1ccc(C(C)(C)C)cc1)[C@@]2(O)C(F)(F)F. The van der Waals surface area contributed by atoms with E-state index < -0.39 is 23.7 Å². The molecular formula is C20H25F3N2O2. The van der Waals surface area contributed by atoms with Gasteiger partial charge in [0.05, 0.1) is 5.92 Å². The van der Waals surface area contributed by atoms with E-state index in [9.17, 15) is 23.1 Å². The lowest BCUT2D eigenvalue weighted by Crippen LogP contribution is -2.61. The molecule has 27 heavy (non-hydrogen) atoms. The Morgan fingerprint density at radius 2 is 1.78 bits per heavy atom. The molecule has 0 saturated heterocycles. The van der Waals surface area contributed by atoms with Crippen LogP contribution in [0.3, 0.4) is 0 Å². The second-order valence-electron chi connectivity index (χ2n) is 8.58. The molecule has 3 atom stereocenters. The van der Waals surface area contributed by atoms with E-state index in [1.54, 1.807) is 19.1 Å². The molecule has 2 aliphatic rings. The number of hydrogen-bond acceptors (Lipinski definition) is 3. The molecule has 0 unspecified atom stereocenters. The Labute approximate surface area is 157 Å². The second kappa shape index (κ2) is 6.33. The molecule has 0 spiro atoms. The van der Waals surface area contributed by atoms with Gasteiger partial charge in [-0.05, 0) is 41.9 Å². The van der Waals surface area contributed by atoms with Gasteiger partial charge in [0.15, 0.2) is 0 Å². The number of alkyl halides is 3. The first kappa shape index (κ1) is 19.9. The Morgan fingerprint density at radius 3 is 2.30 bits per heavy atom. The van der Waals surface area contributed by atoms with Gasteiger partial charge in [0.2, 0.25) is 0 Å². The van der Waals surface area contributed by atoms with E-state index in [0.29, 0.717) is 12.8 Å². The summed E-state index contributed by atoms with van der Waals surface area (Å²) in [4.78, 5) is 12.9. The summed E-state index contributed by atoms with van der Waals surface area (Å²) in [5.41, 5.74) is -2.15. The van der Waals surface area contributed by atoms with Crippen LogP contribution in [0.15, 0.2) is 29.4 Å². The summed E-state index contributed by atoms with van der Waals surface area (Å²) in [6.07, 6.45) is -3.58. The van der Waals surface area contributed by atoms with Crippen LogP contribution >= 0.6 is 0 Å². The van der Waals surface area contributed by atoms with Crippen molar-refractivity contribution in [3.8, 4) is 0 Å². The number of hydrazone groups is 1. The predicted molar refractivity (Wildman–Crippen MR) is 96.3 cm³/mol. The molecule has 1 aliphatic heterocycles. The quantitative estimate of drug-likeness (QED) is 0.778. The van der Waals surface area contributed by atoms with Crippen molar-refractivity contribution >= 4 is 11.6 Å². The molecule has 148 valence electrons. The molecule has 0 aromatic heterocycles. The zero-order chi connectivity index (χ0) is 20.2. The molecule has 0 radical (unpaired) electrons. The number of halogens is 3. The lowest BCUT2D eigenvalue weighted by molar-refractivity contribution is -0.312. The summed E-state index contributed by atoms with van der Waals surface area (Å²) in [5.74, 6) is -2.35. The Bertz CT molecular complexity index is 765. The third kappa shape index (κ3) is 3.16. The fourth-order valence-corrected chi connectivity index (χ4v) is 3.94. The van der Waals surface area contributed by atoms with Crippen LogP contribution in [0.1, 0.15) is 62.9 Å². The molecule has 1 amide bonds. The molecule has 4 nitrogen and oxygen atoms in total. The Balaban J connectivity index is 2.01. The minimum absolute atomic E-state index is 0.0707. The van der Waals surface area contributed by atoms with E-state index in [1.807, 2.05) is 20.8 Å². The van der Waals surface area contributed by atoms with Crippen LogP contribution in [0.4, 0.5) is 13.2 Å². The first-order valence-corrected chi connectivity index (χ1v) is 9.20. The Kier molecular flexibility index (Phi) is 4.65. The van der Waals surface area contributed by atoms with Crippen LogP contribution in [0.25, 0.3) is 0 Å². The second-order valence-corrected chi connectivity index (χ2v) is 8.58. The summed E-state index contributed by atoms with van der Waals surface area (Å²) in [6.45, 7) is 7.80. The van der Waals surface area contributed by atoms with Crippen LogP contribution < -0.4 is 0 Å². The normalized spacial score (nSPS) is 28.7. The van der Waals surface area contributed by atoms with E-state index >= 15 is 0 Å². The van der Waals surface area contributed by atoms with Gasteiger partial charge in [0.25, 0.3) is 11.6 Å². The molecule has 1 aromatic carbocycles. The van der Waals surface area contributed by atoms with Gasteiger partial charge in [-0.3, -0.25) is 4.79 Å². The fraction of sp³-hybridized carbons (Fsp3) is 0.600. The van der Waals surface area contributed by atoms with Gasteiger partial charge in [-0.25, -0.2) is 0 Å². The standard InChI is InChI=1S/C20H25F3N2O2/c1-12-6-5-7-15-16(12)24-25(19(15,27)20(21,22)23)17(26)13-8-10-14(11-9-13)18(2,3)4/h8-12,15,27H,5-7H2,1-4H3/t12-,15-,19+/m1/s1. The number of carbonyl (C=O) groups is 1. The van der Waals surface area contributed by atoms with Gasteiger partial charge >= 0.3 is 6.18 Å². The average molecular weight is 382 g/mol. The maximum atomic E-state index is 13.9. The van der Waals surface area contributed by atoms with Gasteiger partial charge in [0, 0.05) is 11.3 Å². The van der Waals surface area contributed by atoms with Gasteiger partial charge in [-0.2, -0.15) is 23.3 Å². The summed E-state index contributed by atoms with van der Waals surface area (Å²) in [6, 6.07) is 6.42. The molecule has 0 bridgehead atoms. The maximum Gasteiger partial charge on any atom is 0.439 e. The molecule has 1 heterocycles. The first-order valence-electron chi connectivity index (χ1n) is 9.20. The van der Waals surface area contributed by atoms with Crippen molar-refractivity contribution in [1.29, 1.82) is 0 Å². The summed E-state index contributed by atoms with van der Waals surface area (Å²) in [7, 11) is 0. The van der Waals surface area contributed by atoms with Gasteiger partial charge < -0.3 is 5.11 Å². The van der Waals surface area contributed by atoms with E-state index in [1.165, 1.54) is 12.1 Å². The fourth-order valence-electron chi connectivity index (χ4n) is 3.94. The molecule has 7 heteroatoms. The highest BCUT2D eigenvalue weighted by Crippen LogP contribution is 2.49. The van der Waals surface area contributed by atoms with E-state index in [4.69, 9.17) is 0 Å². The third-order valence-corrected chi connectivity index (χ3v) is 5.62. The highest BCUT2D eigenvalue weighted by molar-refractivity contribution is 6.00. The smallest absolute Gasteiger partial charge is 0.362 e. The number of aliphatic hydroxyl groups is 1. The van der Waals surface area contributed by atoms with E-state index in [-0.39, 0.29) is 34.0 Å². The molecule has 3 rings (SSSR count). The van der Waals surface area contributed by atoms with Crippen LogP contribution in [-0.2, 0) is 5.41 Å². The van der Waals surface area contributed by atoms with Crippen molar-refractivity contribution in [3.63, 3.8) is 0 Å². The molecular weight excluding hydrogens is 357 g/mol. The zero-order valence-electron chi connectivity index (χ0n) is 16.0. The highest BCUT2D eigenvalue weighted by atomic mass is 19.4. The predicted octanol–water partition coefficient (Wildman–Crippen LogP) is 4.48. The van der Waals surface area contributed by atoms with Gasteiger partial charge in [0.1, 0.15) is 0 Å². The van der Waals surface area contributed by atoms with Crippen molar-refractivity contribution in [2.75, 3.05) is 0 Å². The Hall–Kier alpha value is -1.89. The zero-order valence-corrected chi connectivity index (χ0v) is 16.0. The molecule has 1 saturated carbocycles. The van der Waals surface area contributed by atoms with Crippen LogP contribution in [0.2, 0.25) is 0 Å². The van der Waals surface area contributed by atoms with Crippen molar-refractivity contribution in [1.82, 2.24) is 5.01 Å². The molecule has 1 aromatic rings. The highest BCUT2D eigenvalue weighted by Gasteiger charge is 2.69. The van der Waals surface area contributed by atoms with Gasteiger partial charge in [-0.15, -0.1) is 0 Å². The van der Waals surface area contributed by atoms with Gasteiger partial charge in [-0.1, -0.05) is 46.2 Å². The minimum atomic E-state index is -5.00. The number of amides is 1. The van der Waals surface area contributed by atoms with E-state index in [2.05, 4.69) is 5.10 Å². The van der Waals surface area contributed by atoms with Crippen molar-refractivity contribution in [2.24, 2.45) is 16.9 Å². The number of carbonyl (C=O) groups excluding carboxylic acids is 1. The van der Waals surface area contributed by atoms with Crippen molar-refractivity contribution in [2.45, 2.75) is 64.3 Å². The van der Waals surface area contributed by atoms with Crippen molar-refractivity contribution in [3.05, 3.63) is 35.4 Å². The number of fused-ring (bicyclic) bond motifs is 1. The Morgan fingerprint density at radius 1 is 1.19 bits per heavy atom. The number of benzene rings is 1. The number of nitrogens with zero attached hydrogens (tertiary/aromatic N) is 2. The molecule has 1 aliphatic carbocycles. The van der Waals surface area contributed by atoms with E-state index in [0.717, 1.165) is 5.56 Å². The van der Waals surface area contributed by atoms with Crippen LogP contribution in [-0.4, -0.2) is 33.6 Å².